The Morgan fingerprint density at radius 3 is 2.70 bits per heavy atom. The summed E-state index contributed by atoms with van der Waals surface area (Å²) in [6.45, 7) is 10.6. The molecule has 0 radical (unpaired) electrons. The number of hydrogen-bond donors (Lipinski definition) is 1. The predicted molar refractivity (Wildman–Crippen MR) is 87.2 cm³/mol. The van der Waals surface area contributed by atoms with E-state index in [9.17, 15) is 0 Å². The number of nitrogens with one attached hydrogen (secondary N) is 1. The van der Waals surface area contributed by atoms with Crippen LogP contribution in [0.3, 0.4) is 0 Å². The van der Waals surface area contributed by atoms with Crippen LogP contribution >= 0.6 is 0 Å². The van der Waals surface area contributed by atoms with E-state index in [1.807, 2.05) is 0 Å². The van der Waals surface area contributed by atoms with E-state index in [0.717, 1.165) is 12.5 Å². The zero-order chi connectivity index (χ0) is 14.4. The molecular weight excluding hydrogens is 244 g/mol. The summed E-state index contributed by atoms with van der Waals surface area (Å²) in [6.07, 6.45) is 3.78. The van der Waals surface area contributed by atoms with Gasteiger partial charge in [-0.15, -0.1) is 0 Å². The van der Waals surface area contributed by atoms with Crippen LogP contribution in [-0.2, 0) is 0 Å². The molecule has 1 aromatic rings. The van der Waals surface area contributed by atoms with Gasteiger partial charge in [0.1, 0.15) is 0 Å². The van der Waals surface area contributed by atoms with Crippen molar-refractivity contribution in [2.24, 2.45) is 0 Å². The average molecular weight is 274 g/mol. The van der Waals surface area contributed by atoms with Gasteiger partial charge in [-0.05, 0) is 57.7 Å². The summed E-state index contributed by atoms with van der Waals surface area (Å²) < 4.78 is 0. The fourth-order valence-electron chi connectivity index (χ4n) is 3.32. The van der Waals surface area contributed by atoms with Crippen molar-refractivity contribution in [1.29, 1.82) is 0 Å². The minimum absolute atomic E-state index is 0.626. The van der Waals surface area contributed by atoms with Gasteiger partial charge in [0, 0.05) is 18.6 Å². The van der Waals surface area contributed by atoms with Gasteiger partial charge in [0.25, 0.3) is 0 Å². The van der Waals surface area contributed by atoms with Gasteiger partial charge in [0.15, 0.2) is 0 Å². The van der Waals surface area contributed by atoms with E-state index in [-0.39, 0.29) is 0 Å². The van der Waals surface area contributed by atoms with E-state index in [1.165, 1.54) is 37.9 Å². The third kappa shape index (κ3) is 4.32. The monoisotopic (exact) mass is 274 g/mol. The lowest BCUT2D eigenvalue weighted by atomic mass is 9.99. The molecular formula is C18H30N2. The normalized spacial score (nSPS) is 22.9. The molecule has 3 atom stereocenters. The van der Waals surface area contributed by atoms with Crippen LogP contribution < -0.4 is 5.32 Å². The Morgan fingerprint density at radius 2 is 2.00 bits per heavy atom. The van der Waals surface area contributed by atoms with Gasteiger partial charge in [-0.1, -0.05) is 37.3 Å². The van der Waals surface area contributed by atoms with Crippen LogP contribution in [0.4, 0.5) is 0 Å². The molecule has 0 amide bonds. The van der Waals surface area contributed by atoms with Gasteiger partial charge >= 0.3 is 0 Å². The Kier molecular flexibility index (Phi) is 6.06. The van der Waals surface area contributed by atoms with Crippen LogP contribution in [0.15, 0.2) is 30.3 Å². The molecule has 2 nitrogen and oxygen atoms in total. The molecule has 0 bridgehead atoms. The summed E-state index contributed by atoms with van der Waals surface area (Å²) in [5.41, 5.74) is 1.51. The molecule has 1 aliphatic rings. The summed E-state index contributed by atoms with van der Waals surface area (Å²) in [7, 11) is 0. The van der Waals surface area contributed by atoms with E-state index in [2.05, 4.69) is 61.3 Å². The van der Waals surface area contributed by atoms with Crippen molar-refractivity contribution in [3.63, 3.8) is 0 Å². The van der Waals surface area contributed by atoms with Crippen molar-refractivity contribution in [3.8, 4) is 0 Å². The smallest absolute Gasteiger partial charge is 0.00818 e. The Morgan fingerprint density at radius 1 is 1.25 bits per heavy atom. The molecule has 0 aliphatic carbocycles. The standard InChI is InChI=1S/C18H30N2/c1-4-11-19-15(2)13-16(3)20-12-10-18(14-20)17-8-6-5-7-9-17/h5-9,15-16,18-19H,4,10-14H2,1-3H3. The second-order valence-corrected chi connectivity index (χ2v) is 6.33. The topological polar surface area (TPSA) is 15.3 Å². The van der Waals surface area contributed by atoms with Crippen molar-refractivity contribution >= 4 is 0 Å². The van der Waals surface area contributed by atoms with Crippen LogP contribution in [-0.4, -0.2) is 36.6 Å². The van der Waals surface area contributed by atoms with Crippen LogP contribution in [0.1, 0.15) is 51.5 Å². The minimum Gasteiger partial charge on any atom is -0.314 e. The SMILES string of the molecule is CCCNC(C)CC(C)N1CCC(c2ccccc2)C1. The fourth-order valence-corrected chi connectivity index (χ4v) is 3.32. The van der Waals surface area contributed by atoms with Crippen LogP contribution in [0.5, 0.6) is 0 Å². The van der Waals surface area contributed by atoms with E-state index >= 15 is 0 Å². The maximum absolute atomic E-state index is 3.60. The highest BCUT2D eigenvalue weighted by molar-refractivity contribution is 5.21. The Bertz CT molecular complexity index is 376. The van der Waals surface area contributed by atoms with Crippen molar-refractivity contribution < 1.29 is 0 Å². The quantitative estimate of drug-likeness (QED) is 0.816. The lowest BCUT2D eigenvalue weighted by Gasteiger charge is -2.27. The van der Waals surface area contributed by atoms with Crippen molar-refractivity contribution in [1.82, 2.24) is 10.2 Å². The molecule has 1 N–H and O–H groups in total. The number of rotatable bonds is 7. The maximum Gasteiger partial charge on any atom is 0.00818 e. The second-order valence-electron chi connectivity index (χ2n) is 6.33. The van der Waals surface area contributed by atoms with E-state index < -0.39 is 0 Å². The minimum atomic E-state index is 0.626. The third-order valence-corrected chi connectivity index (χ3v) is 4.55. The molecule has 112 valence electrons. The highest BCUT2D eigenvalue weighted by atomic mass is 15.2. The van der Waals surface area contributed by atoms with Gasteiger partial charge < -0.3 is 5.32 Å². The Balaban J connectivity index is 1.80. The number of hydrogen-bond acceptors (Lipinski definition) is 2. The summed E-state index contributed by atoms with van der Waals surface area (Å²) >= 11 is 0. The zero-order valence-corrected chi connectivity index (χ0v) is 13.3. The second kappa shape index (κ2) is 7.80. The molecule has 1 saturated heterocycles. The molecule has 1 heterocycles. The van der Waals surface area contributed by atoms with Crippen molar-refractivity contribution in [3.05, 3.63) is 35.9 Å². The van der Waals surface area contributed by atoms with E-state index in [1.54, 1.807) is 0 Å². The maximum atomic E-state index is 3.60. The van der Waals surface area contributed by atoms with Gasteiger partial charge in [0.2, 0.25) is 0 Å². The Labute approximate surface area is 124 Å². The molecule has 1 aromatic carbocycles. The number of likely N-dealkylation sites (tertiary alicyclic amines) is 1. The molecule has 0 saturated carbocycles. The van der Waals surface area contributed by atoms with Crippen LogP contribution in [0.25, 0.3) is 0 Å². The first-order chi connectivity index (χ1) is 9.70. The molecule has 2 heteroatoms. The molecule has 1 aliphatic heterocycles. The Hall–Kier alpha value is -0.860. The molecule has 1 fully saturated rings. The summed E-state index contributed by atoms with van der Waals surface area (Å²) in [5, 5.41) is 3.60. The summed E-state index contributed by atoms with van der Waals surface area (Å²) in [4.78, 5) is 2.67. The molecule has 20 heavy (non-hydrogen) atoms. The van der Waals surface area contributed by atoms with Gasteiger partial charge in [0.05, 0.1) is 0 Å². The number of benzene rings is 1. The van der Waals surface area contributed by atoms with Crippen LogP contribution in [0, 0.1) is 0 Å². The molecule has 0 spiro atoms. The lowest BCUT2D eigenvalue weighted by molar-refractivity contribution is 0.228. The van der Waals surface area contributed by atoms with Gasteiger partial charge in [-0.25, -0.2) is 0 Å². The van der Waals surface area contributed by atoms with Crippen molar-refractivity contribution in [2.45, 2.75) is 58.0 Å². The lowest BCUT2D eigenvalue weighted by Crippen LogP contribution is -2.37. The van der Waals surface area contributed by atoms with E-state index in [0.29, 0.717) is 12.1 Å². The predicted octanol–water partition coefficient (Wildman–Crippen LogP) is 3.64. The average Bonchev–Trinajstić information content (AvgIpc) is 2.96. The highest BCUT2D eigenvalue weighted by Gasteiger charge is 2.27. The van der Waals surface area contributed by atoms with E-state index in [4.69, 9.17) is 0 Å². The zero-order valence-electron chi connectivity index (χ0n) is 13.3. The summed E-state index contributed by atoms with van der Waals surface area (Å²) in [6, 6.07) is 12.3. The first-order valence-corrected chi connectivity index (χ1v) is 8.23. The number of nitrogens with zero attached hydrogens (tertiary/aromatic N) is 1. The largest absolute Gasteiger partial charge is 0.314 e. The van der Waals surface area contributed by atoms with Gasteiger partial charge in [-0.2, -0.15) is 0 Å². The molecule has 2 rings (SSSR count). The summed E-state index contributed by atoms with van der Waals surface area (Å²) in [5.74, 6) is 0.734. The third-order valence-electron chi connectivity index (χ3n) is 4.55. The molecule has 0 aromatic heterocycles. The first kappa shape index (κ1) is 15.5. The molecule has 3 unspecified atom stereocenters. The fraction of sp³-hybridized carbons (Fsp3) is 0.667. The highest BCUT2D eigenvalue weighted by Crippen LogP contribution is 2.28. The van der Waals surface area contributed by atoms with Gasteiger partial charge in [-0.3, -0.25) is 4.90 Å². The van der Waals surface area contributed by atoms with Crippen molar-refractivity contribution in [2.75, 3.05) is 19.6 Å². The van der Waals surface area contributed by atoms with Crippen LogP contribution in [0.2, 0.25) is 0 Å². The first-order valence-electron chi connectivity index (χ1n) is 8.23.